The summed E-state index contributed by atoms with van der Waals surface area (Å²) < 4.78 is 20.8. The lowest BCUT2D eigenvalue weighted by molar-refractivity contribution is 0.320. The largest absolute Gasteiger partial charge is 0.493 e. The molecule has 0 spiro atoms. The summed E-state index contributed by atoms with van der Waals surface area (Å²) in [6, 6.07) is 10.9. The van der Waals surface area contributed by atoms with Gasteiger partial charge in [-0.1, -0.05) is 13.0 Å². The molecule has 0 saturated heterocycles. The Morgan fingerprint density at radius 2 is 2.00 bits per heavy atom. The number of ether oxygens (including phenoxy) is 1. The molecule has 1 aromatic carbocycles. The van der Waals surface area contributed by atoms with Crippen LogP contribution in [-0.2, 0) is 12.8 Å². The maximum Gasteiger partial charge on any atom is 0.119 e. The highest BCUT2D eigenvalue weighted by atomic mass is 16.5. The van der Waals surface area contributed by atoms with E-state index in [9.17, 15) is 0 Å². The zero-order valence-corrected chi connectivity index (χ0v) is 10.4. The van der Waals surface area contributed by atoms with Crippen LogP contribution in [-0.4, -0.2) is 11.6 Å². The predicted molar refractivity (Wildman–Crippen MR) is 73.7 cm³/mol. The first-order valence-electron chi connectivity index (χ1n) is 6.89. The summed E-state index contributed by atoms with van der Waals surface area (Å²) in [5.74, 6) is 0.778. The van der Waals surface area contributed by atoms with Crippen molar-refractivity contribution in [2.24, 2.45) is 0 Å². The highest BCUT2D eigenvalue weighted by molar-refractivity contribution is 5.41. The monoisotopic (exact) mass is 244 g/mol. The number of anilines is 1. The van der Waals surface area contributed by atoms with Gasteiger partial charge in [0, 0.05) is 26.7 Å². The number of nitrogens with two attached hydrogens (primary N) is 1. The molecule has 3 nitrogen and oxygen atoms in total. The average molecular weight is 244 g/mol. The van der Waals surface area contributed by atoms with E-state index in [1.807, 2.05) is 18.2 Å². The summed E-state index contributed by atoms with van der Waals surface area (Å²) in [5, 5.41) is 0. The number of hydrogen-bond donors (Lipinski definition) is 1. The van der Waals surface area contributed by atoms with E-state index >= 15 is 0 Å². The summed E-state index contributed by atoms with van der Waals surface area (Å²) in [5.41, 5.74) is 7.78. The van der Waals surface area contributed by atoms with Gasteiger partial charge in [-0.15, -0.1) is 0 Å². The molecule has 2 N–H and O–H groups in total. The number of pyridine rings is 1. The minimum Gasteiger partial charge on any atom is -0.493 e. The zero-order chi connectivity index (χ0) is 14.6. The molecule has 0 atom stereocenters. The van der Waals surface area contributed by atoms with Gasteiger partial charge in [0.25, 0.3) is 0 Å². The Morgan fingerprint density at radius 1 is 1.22 bits per heavy atom. The lowest BCUT2D eigenvalue weighted by Gasteiger charge is -2.06. The van der Waals surface area contributed by atoms with Crippen molar-refractivity contribution >= 4 is 5.69 Å². The normalized spacial score (nSPS) is 12.7. The Labute approximate surface area is 110 Å². The van der Waals surface area contributed by atoms with Crippen LogP contribution in [0.25, 0.3) is 0 Å². The summed E-state index contributed by atoms with van der Waals surface area (Å²) in [6.07, 6.45) is 0.905. The molecule has 0 radical (unpaired) electrons. The summed E-state index contributed by atoms with van der Waals surface area (Å²) in [4.78, 5) is 4.25. The van der Waals surface area contributed by atoms with Crippen LogP contribution in [0.15, 0.2) is 42.6 Å². The second kappa shape index (κ2) is 6.05. The first kappa shape index (κ1) is 9.95. The minimum absolute atomic E-state index is 0.523. The molecule has 18 heavy (non-hydrogen) atoms. The van der Waals surface area contributed by atoms with E-state index < -0.39 is 6.37 Å². The number of hydrogen-bond acceptors (Lipinski definition) is 3. The van der Waals surface area contributed by atoms with E-state index in [1.165, 1.54) is 6.92 Å². The first-order valence-corrected chi connectivity index (χ1v) is 5.89. The van der Waals surface area contributed by atoms with Gasteiger partial charge in [0.2, 0.25) is 0 Å². The van der Waals surface area contributed by atoms with Crippen LogP contribution in [0.4, 0.5) is 5.69 Å². The third-order valence-corrected chi connectivity index (χ3v) is 2.62. The molecule has 94 valence electrons. The molecule has 0 aliphatic rings. The van der Waals surface area contributed by atoms with Crippen LogP contribution in [0.2, 0.25) is 0 Å². The third kappa shape index (κ3) is 3.48. The molecule has 0 bridgehead atoms. The van der Waals surface area contributed by atoms with Crippen molar-refractivity contribution in [1.82, 2.24) is 4.98 Å². The third-order valence-electron chi connectivity index (χ3n) is 2.62. The van der Waals surface area contributed by atoms with Crippen molar-refractivity contribution in [2.75, 3.05) is 12.3 Å². The standard InChI is InChI=1S/C15H18N2O/c1-2-12-3-6-14(17-11-12)9-10-18-15-7-4-13(16)5-8-15/h3-8,11H,2,9-10,16H2,1H3/i2D2. The number of aryl methyl sites for hydroxylation is 1. The van der Waals surface area contributed by atoms with Gasteiger partial charge in [0.05, 0.1) is 6.61 Å². The van der Waals surface area contributed by atoms with Crippen LogP contribution in [0.5, 0.6) is 5.75 Å². The van der Waals surface area contributed by atoms with Crippen molar-refractivity contribution in [2.45, 2.75) is 19.7 Å². The highest BCUT2D eigenvalue weighted by Crippen LogP contribution is 2.13. The molecule has 1 aromatic heterocycles. The molecule has 0 unspecified atom stereocenters. The fourth-order valence-electron chi connectivity index (χ4n) is 1.56. The number of nitrogens with zero attached hydrogens (tertiary/aromatic N) is 1. The van der Waals surface area contributed by atoms with Crippen molar-refractivity contribution in [3.05, 3.63) is 53.9 Å². The van der Waals surface area contributed by atoms with Gasteiger partial charge >= 0.3 is 0 Å². The molecule has 0 aliphatic carbocycles. The highest BCUT2D eigenvalue weighted by Gasteiger charge is 1.97. The molecule has 0 amide bonds. The fraction of sp³-hybridized carbons (Fsp3) is 0.267. The summed E-state index contributed by atoms with van der Waals surface area (Å²) in [7, 11) is 0. The van der Waals surface area contributed by atoms with Gasteiger partial charge in [-0.05, 0) is 42.3 Å². The van der Waals surface area contributed by atoms with Crippen LogP contribution < -0.4 is 10.5 Å². The zero-order valence-electron chi connectivity index (χ0n) is 12.4. The first-order chi connectivity index (χ1) is 9.45. The summed E-state index contributed by atoms with van der Waals surface area (Å²) in [6.45, 7) is 2.04. The Hall–Kier alpha value is -2.03. The Balaban J connectivity index is 1.87. The van der Waals surface area contributed by atoms with Crippen molar-refractivity contribution in [1.29, 1.82) is 0 Å². The van der Waals surface area contributed by atoms with E-state index in [4.69, 9.17) is 13.2 Å². The Bertz CT molecular complexity index is 548. The lowest BCUT2D eigenvalue weighted by atomic mass is 10.2. The van der Waals surface area contributed by atoms with Gasteiger partial charge in [-0.3, -0.25) is 4.98 Å². The number of aromatic nitrogens is 1. The van der Waals surface area contributed by atoms with E-state index in [-0.39, 0.29) is 0 Å². The van der Waals surface area contributed by atoms with E-state index in [0.717, 1.165) is 11.4 Å². The quantitative estimate of drug-likeness (QED) is 0.823. The van der Waals surface area contributed by atoms with Crippen molar-refractivity contribution in [3.8, 4) is 5.75 Å². The van der Waals surface area contributed by atoms with Crippen LogP contribution >= 0.6 is 0 Å². The Morgan fingerprint density at radius 3 is 2.61 bits per heavy atom. The van der Waals surface area contributed by atoms with Gasteiger partial charge < -0.3 is 10.5 Å². The van der Waals surface area contributed by atoms with E-state index in [1.54, 1.807) is 24.4 Å². The topological polar surface area (TPSA) is 48.1 Å². The van der Waals surface area contributed by atoms with E-state index in [2.05, 4.69) is 4.98 Å². The fourth-order valence-corrected chi connectivity index (χ4v) is 1.56. The second-order valence-electron chi connectivity index (χ2n) is 3.96. The van der Waals surface area contributed by atoms with Gasteiger partial charge in [0.1, 0.15) is 5.75 Å². The molecular weight excluding hydrogens is 224 g/mol. The lowest BCUT2D eigenvalue weighted by Crippen LogP contribution is -2.03. The van der Waals surface area contributed by atoms with Gasteiger partial charge in [-0.2, -0.15) is 0 Å². The van der Waals surface area contributed by atoms with Crippen LogP contribution in [0.3, 0.4) is 0 Å². The maximum atomic E-state index is 7.60. The smallest absolute Gasteiger partial charge is 0.119 e. The molecule has 0 fully saturated rings. The predicted octanol–water partition coefficient (Wildman–Crippen LogP) is 2.85. The second-order valence-corrected chi connectivity index (χ2v) is 3.96. The van der Waals surface area contributed by atoms with Crippen LogP contribution in [0, 0.1) is 0 Å². The summed E-state index contributed by atoms with van der Waals surface area (Å²) >= 11 is 0. The van der Waals surface area contributed by atoms with Crippen molar-refractivity contribution < 1.29 is 7.48 Å². The average Bonchev–Trinajstić information content (AvgIpc) is 2.41. The molecule has 2 rings (SSSR count). The van der Waals surface area contributed by atoms with Gasteiger partial charge in [0.15, 0.2) is 0 Å². The molecule has 3 heteroatoms. The van der Waals surface area contributed by atoms with Crippen LogP contribution in [0.1, 0.15) is 20.9 Å². The molecule has 1 heterocycles. The number of nitrogen functional groups attached to an aromatic ring is 1. The Kier molecular flexibility index (Phi) is 3.34. The maximum absolute atomic E-state index is 7.60. The molecule has 0 saturated carbocycles. The van der Waals surface area contributed by atoms with Gasteiger partial charge in [-0.25, -0.2) is 0 Å². The van der Waals surface area contributed by atoms with E-state index in [0.29, 0.717) is 24.3 Å². The SMILES string of the molecule is [2H]C([2H])(C)c1ccc(CCOc2ccc(N)cc2)nc1. The van der Waals surface area contributed by atoms with Crippen molar-refractivity contribution in [3.63, 3.8) is 0 Å². The number of benzene rings is 1. The number of rotatable bonds is 5. The minimum atomic E-state index is -1.36. The molecule has 2 aromatic rings. The molecular formula is C15H18N2O. The molecule has 0 aliphatic heterocycles.